The molecule has 0 aliphatic heterocycles. The molecular formula is C11H12N6OS. The molecule has 0 N–H and O–H groups in total. The van der Waals surface area contributed by atoms with Crippen LogP contribution in [0.4, 0.5) is 0 Å². The van der Waals surface area contributed by atoms with Gasteiger partial charge in [-0.25, -0.2) is 0 Å². The molecule has 0 atom stereocenters. The average molecular weight is 276 g/mol. The van der Waals surface area contributed by atoms with E-state index in [1.807, 2.05) is 6.07 Å². The maximum atomic E-state index is 5.17. The number of fused-ring (bicyclic) bond motifs is 1. The molecular weight excluding hydrogens is 264 g/mol. The summed E-state index contributed by atoms with van der Waals surface area (Å²) in [6, 6.07) is 3.63. The number of aromatic nitrogens is 5. The van der Waals surface area contributed by atoms with E-state index in [1.54, 1.807) is 45.8 Å². The van der Waals surface area contributed by atoms with Crippen LogP contribution in [-0.2, 0) is 0 Å². The van der Waals surface area contributed by atoms with Crippen molar-refractivity contribution < 1.29 is 4.42 Å². The molecule has 0 bridgehead atoms. The van der Waals surface area contributed by atoms with E-state index in [1.165, 1.54) is 0 Å². The highest BCUT2D eigenvalue weighted by molar-refractivity contribution is 7.99. The number of hydrogen-bond donors (Lipinski definition) is 0. The average Bonchev–Trinajstić information content (AvgIpc) is 3.12. The van der Waals surface area contributed by atoms with Crippen LogP contribution in [-0.4, -0.2) is 36.5 Å². The fourth-order valence-electron chi connectivity index (χ4n) is 1.50. The molecule has 0 saturated carbocycles. The highest BCUT2D eigenvalue weighted by Gasteiger charge is 2.10. The summed E-state index contributed by atoms with van der Waals surface area (Å²) in [5.41, 5.74) is 0. The van der Waals surface area contributed by atoms with Gasteiger partial charge in [-0.2, -0.15) is 19.4 Å². The van der Waals surface area contributed by atoms with E-state index in [0.717, 1.165) is 17.3 Å². The first-order chi connectivity index (χ1) is 9.38. The summed E-state index contributed by atoms with van der Waals surface area (Å²) < 4.78 is 8.41. The normalized spacial score (nSPS) is 11.8. The van der Waals surface area contributed by atoms with E-state index >= 15 is 0 Å². The van der Waals surface area contributed by atoms with Crippen molar-refractivity contribution in [2.24, 2.45) is 5.10 Å². The summed E-state index contributed by atoms with van der Waals surface area (Å²) in [6.45, 7) is 2.12. The second-order valence-corrected chi connectivity index (χ2v) is 4.84. The number of nitrogens with zero attached hydrogens (tertiary/aromatic N) is 6. The van der Waals surface area contributed by atoms with Gasteiger partial charge >= 0.3 is 0 Å². The van der Waals surface area contributed by atoms with Gasteiger partial charge in [-0.15, -0.1) is 10.2 Å². The molecule has 0 aliphatic rings. The minimum absolute atomic E-state index is 0.585. The summed E-state index contributed by atoms with van der Waals surface area (Å²) in [5, 5.41) is 17.4. The van der Waals surface area contributed by atoms with Gasteiger partial charge in [-0.3, -0.25) is 0 Å². The lowest BCUT2D eigenvalue weighted by Gasteiger charge is -1.91. The lowest BCUT2D eigenvalue weighted by Crippen LogP contribution is -1.90. The van der Waals surface area contributed by atoms with Gasteiger partial charge in [0.2, 0.25) is 5.16 Å². The van der Waals surface area contributed by atoms with Crippen molar-refractivity contribution in [2.45, 2.75) is 18.5 Å². The highest BCUT2D eigenvalue weighted by atomic mass is 32.2. The maximum absolute atomic E-state index is 5.17. The molecule has 0 saturated heterocycles. The van der Waals surface area contributed by atoms with Crippen molar-refractivity contribution in [2.75, 3.05) is 5.75 Å². The highest BCUT2D eigenvalue weighted by Crippen LogP contribution is 2.16. The predicted molar refractivity (Wildman–Crippen MR) is 71.5 cm³/mol. The van der Waals surface area contributed by atoms with Crippen molar-refractivity contribution >= 4 is 23.8 Å². The van der Waals surface area contributed by atoms with Gasteiger partial charge in [-0.05, 0) is 18.6 Å². The van der Waals surface area contributed by atoms with E-state index in [9.17, 15) is 0 Å². The molecule has 0 radical (unpaired) electrons. The van der Waals surface area contributed by atoms with E-state index in [0.29, 0.717) is 11.5 Å². The van der Waals surface area contributed by atoms with Crippen molar-refractivity contribution in [3.63, 3.8) is 0 Å². The first-order valence-corrected chi connectivity index (χ1v) is 6.86. The quantitative estimate of drug-likeness (QED) is 0.525. The molecule has 3 rings (SSSR count). The molecule has 0 aliphatic carbocycles. The Labute approximate surface area is 113 Å². The molecule has 0 fully saturated rings. The Morgan fingerprint density at radius 2 is 2.42 bits per heavy atom. The van der Waals surface area contributed by atoms with Crippen LogP contribution in [0.1, 0.15) is 19.1 Å². The van der Waals surface area contributed by atoms with Gasteiger partial charge in [0.05, 0.1) is 12.5 Å². The summed E-state index contributed by atoms with van der Waals surface area (Å²) >= 11 is 1.63. The van der Waals surface area contributed by atoms with Crippen molar-refractivity contribution in [3.05, 3.63) is 30.5 Å². The van der Waals surface area contributed by atoms with Crippen LogP contribution in [0.15, 0.2) is 39.4 Å². The number of furan rings is 1. The van der Waals surface area contributed by atoms with E-state index in [2.05, 4.69) is 27.3 Å². The third-order valence-electron chi connectivity index (χ3n) is 2.36. The van der Waals surface area contributed by atoms with Gasteiger partial charge in [0.25, 0.3) is 5.78 Å². The Hall–Kier alpha value is -2.09. The molecule has 19 heavy (non-hydrogen) atoms. The Balaban J connectivity index is 1.87. The lowest BCUT2D eigenvalue weighted by atomic mass is 10.5. The Morgan fingerprint density at radius 1 is 1.47 bits per heavy atom. The van der Waals surface area contributed by atoms with E-state index in [-0.39, 0.29) is 0 Å². The van der Waals surface area contributed by atoms with Gasteiger partial charge in [0.15, 0.2) is 0 Å². The first-order valence-electron chi connectivity index (χ1n) is 5.88. The van der Waals surface area contributed by atoms with Crippen LogP contribution >= 0.6 is 11.8 Å². The van der Waals surface area contributed by atoms with Gasteiger partial charge in [-0.1, -0.05) is 18.7 Å². The Bertz CT molecular complexity index is 683. The van der Waals surface area contributed by atoms with Crippen LogP contribution in [0.5, 0.6) is 0 Å². The van der Waals surface area contributed by atoms with Crippen LogP contribution in [0.2, 0.25) is 0 Å². The summed E-state index contributed by atoms with van der Waals surface area (Å²) in [4.78, 5) is 0. The number of rotatable bonds is 5. The van der Waals surface area contributed by atoms with Crippen LogP contribution in [0.25, 0.3) is 5.78 Å². The molecule has 3 heterocycles. The number of hydrogen-bond acceptors (Lipinski definition) is 6. The summed E-state index contributed by atoms with van der Waals surface area (Å²) in [5.74, 6) is 2.25. The van der Waals surface area contributed by atoms with Gasteiger partial charge in [0.1, 0.15) is 12.1 Å². The standard InChI is InChI=1S/C11H12N6OS/c1-2-6-19-11-15-14-10-16(8-13-17(10)11)12-7-9-4-3-5-18-9/h3-5,7-8H,2,6H2,1H3/b12-7+. The Kier molecular flexibility index (Phi) is 3.32. The molecule has 3 aromatic heterocycles. The van der Waals surface area contributed by atoms with Crippen molar-refractivity contribution in [1.29, 1.82) is 0 Å². The molecule has 0 spiro atoms. The smallest absolute Gasteiger partial charge is 0.275 e. The number of thioether (sulfide) groups is 1. The third-order valence-corrected chi connectivity index (χ3v) is 3.49. The molecule has 0 amide bonds. The molecule has 98 valence electrons. The zero-order chi connectivity index (χ0) is 13.1. The fraction of sp³-hybridized carbons (Fsp3) is 0.273. The van der Waals surface area contributed by atoms with Crippen molar-refractivity contribution in [1.82, 2.24) is 24.5 Å². The minimum Gasteiger partial charge on any atom is -0.463 e. The SMILES string of the molecule is CCCSc1nnc2n(/N=C/c3ccco3)cnn12. The summed E-state index contributed by atoms with van der Waals surface area (Å²) in [6.07, 6.45) is 5.88. The fourth-order valence-corrected chi connectivity index (χ4v) is 2.24. The molecule has 3 aromatic rings. The second-order valence-electron chi connectivity index (χ2n) is 3.78. The predicted octanol–water partition coefficient (Wildman–Crippen LogP) is 1.90. The minimum atomic E-state index is 0.585. The van der Waals surface area contributed by atoms with E-state index < -0.39 is 0 Å². The summed E-state index contributed by atoms with van der Waals surface area (Å²) in [7, 11) is 0. The van der Waals surface area contributed by atoms with Gasteiger partial charge < -0.3 is 4.42 Å². The maximum Gasteiger partial charge on any atom is 0.275 e. The van der Waals surface area contributed by atoms with Crippen LogP contribution < -0.4 is 0 Å². The molecule has 7 nitrogen and oxygen atoms in total. The zero-order valence-corrected chi connectivity index (χ0v) is 11.1. The van der Waals surface area contributed by atoms with Gasteiger partial charge in [0, 0.05) is 5.75 Å². The van der Waals surface area contributed by atoms with Crippen molar-refractivity contribution in [3.8, 4) is 0 Å². The second kappa shape index (κ2) is 5.27. The largest absolute Gasteiger partial charge is 0.463 e. The van der Waals surface area contributed by atoms with Crippen LogP contribution in [0.3, 0.4) is 0 Å². The topological polar surface area (TPSA) is 73.5 Å². The lowest BCUT2D eigenvalue weighted by molar-refractivity contribution is 0.559. The molecule has 8 heteroatoms. The third kappa shape index (κ3) is 2.39. The molecule has 0 aromatic carbocycles. The molecule has 0 unspecified atom stereocenters. The monoisotopic (exact) mass is 276 g/mol. The Morgan fingerprint density at radius 3 is 3.21 bits per heavy atom. The van der Waals surface area contributed by atoms with Crippen LogP contribution in [0, 0.1) is 0 Å². The zero-order valence-electron chi connectivity index (χ0n) is 10.3. The van der Waals surface area contributed by atoms with E-state index in [4.69, 9.17) is 4.42 Å². The first kappa shape index (κ1) is 12.0.